The second-order valence-electron chi connectivity index (χ2n) is 5.48. The molecule has 2 aromatic rings. The molecule has 1 saturated heterocycles. The van der Waals surface area contributed by atoms with Crippen LogP contribution in [0.5, 0.6) is 0 Å². The predicted octanol–water partition coefficient (Wildman–Crippen LogP) is 2.69. The van der Waals surface area contributed by atoms with Crippen molar-refractivity contribution in [3.05, 3.63) is 59.9 Å². The molecule has 0 aliphatic carbocycles. The van der Waals surface area contributed by atoms with Crippen molar-refractivity contribution >= 4 is 5.69 Å². The highest BCUT2D eigenvalue weighted by atomic mass is 15.2. The average Bonchev–Trinajstić information content (AvgIpc) is 2.94. The Morgan fingerprint density at radius 3 is 2.68 bits per heavy atom. The summed E-state index contributed by atoms with van der Waals surface area (Å²) in [6, 6.07) is 15.3. The fourth-order valence-electron chi connectivity index (χ4n) is 3.61. The van der Waals surface area contributed by atoms with E-state index in [1.165, 1.54) is 16.9 Å². The zero-order chi connectivity index (χ0) is 12.8. The van der Waals surface area contributed by atoms with Gasteiger partial charge in [-0.25, -0.2) is 0 Å². The number of nitrogens with zero attached hydrogens (tertiary/aromatic N) is 1. The topological polar surface area (TPSA) is 37.0 Å². The van der Waals surface area contributed by atoms with Gasteiger partial charge in [0.05, 0.1) is 17.5 Å². The molecule has 0 radical (unpaired) electrons. The number of hydrogen-bond donors (Lipinski definition) is 2. The minimum Gasteiger partial charge on any atom is -0.368 e. The third kappa shape index (κ3) is 1.58. The first-order chi connectivity index (χ1) is 9.34. The van der Waals surface area contributed by atoms with Crippen molar-refractivity contribution in [3.63, 3.8) is 0 Å². The van der Waals surface area contributed by atoms with E-state index in [0.717, 1.165) is 0 Å². The van der Waals surface area contributed by atoms with E-state index in [-0.39, 0.29) is 0 Å². The smallest absolute Gasteiger partial charge is 0.0863 e. The van der Waals surface area contributed by atoms with Crippen molar-refractivity contribution in [3.8, 4) is 0 Å². The van der Waals surface area contributed by atoms with Gasteiger partial charge in [0, 0.05) is 24.1 Å². The van der Waals surface area contributed by atoms with Crippen LogP contribution in [-0.4, -0.2) is 17.2 Å². The number of hydrogen-bond acceptors (Lipinski definition) is 3. The summed E-state index contributed by atoms with van der Waals surface area (Å²) in [5.41, 5.74) is 3.78. The maximum absolute atomic E-state index is 4.61. The van der Waals surface area contributed by atoms with Crippen molar-refractivity contribution in [1.82, 2.24) is 10.3 Å². The molecule has 0 spiro atoms. The van der Waals surface area contributed by atoms with Gasteiger partial charge < -0.3 is 5.32 Å². The van der Waals surface area contributed by atoms with E-state index in [2.05, 4.69) is 58.9 Å². The second-order valence-corrected chi connectivity index (χ2v) is 5.48. The zero-order valence-corrected chi connectivity index (χ0v) is 10.9. The third-order valence-electron chi connectivity index (χ3n) is 4.38. The number of fused-ring (bicyclic) bond motifs is 3. The summed E-state index contributed by atoms with van der Waals surface area (Å²) in [5, 5.41) is 7.21. The van der Waals surface area contributed by atoms with Gasteiger partial charge in [-0.15, -0.1) is 0 Å². The summed E-state index contributed by atoms with van der Waals surface area (Å²) in [5.74, 6) is 0.906. The Morgan fingerprint density at radius 2 is 1.84 bits per heavy atom. The van der Waals surface area contributed by atoms with Crippen LogP contribution in [-0.2, 0) is 0 Å². The summed E-state index contributed by atoms with van der Waals surface area (Å²) < 4.78 is 0. The monoisotopic (exact) mass is 251 g/mol. The highest BCUT2D eigenvalue weighted by Gasteiger charge is 2.47. The SMILES string of the molecule is CC1NC2Nc3cccnc3C2C1c1ccccc1. The summed E-state index contributed by atoms with van der Waals surface area (Å²) in [6.45, 7) is 2.26. The molecule has 96 valence electrons. The van der Waals surface area contributed by atoms with Crippen molar-refractivity contribution in [1.29, 1.82) is 0 Å². The number of benzene rings is 1. The van der Waals surface area contributed by atoms with E-state index in [1.54, 1.807) is 0 Å². The lowest BCUT2D eigenvalue weighted by molar-refractivity contribution is 0.563. The molecule has 2 aliphatic heterocycles. The zero-order valence-electron chi connectivity index (χ0n) is 10.9. The Balaban J connectivity index is 1.80. The lowest BCUT2D eigenvalue weighted by atomic mass is 9.83. The molecule has 0 saturated carbocycles. The summed E-state index contributed by atoms with van der Waals surface area (Å²) >= 11 is 0. The first kappa shape index (κ1) is 11.0. The van der Waals surface area contributed by atoms with Gasteiger partial charge in [-0.3, -0.25) is 10.3 Å². The van der Waals surface area contributed by atoms with Crippen LogP contribution in [0.3, 0.4) is 0 Å². The average molecular weight is 251 g/mol. The normalized spacial score (nSPS) is 31.6. The van der Waals surface area contributed by atoms with Crippen LogP contribution in [0.4, 0.5) is 5.69 Å². The van der Waals surface area contributed by atoms with Crippen LogP contribution < -0.4 is 10.6 Å². The Bertz CT molecular complexity index is 596. The molecule has 19 heavy (non-hydrogen) atoms. The fraction of sp³-hybridized carbons (Fsp3) is 0.312. The van der Waals surface area contributed by atoms with Crippen molar-refractivity contribution < 1.29 is 0 Å². The van der Waals surface area contributed by atoms with E-state index < -0.39 is 0 Å². The Labute approximate surface area is 113 Å². The van der Waals surface area contributed by atoms with E-state index in [0.29, 0.717) is 24.0 Å². The van der Waals surface area contributed by atoms with Gasteiger partial charge in [0.2, 0.25) is 0 Å². The third-order valence-corrected chi connectivity index (χ3v) is 4.38. The van der Waals surface area contributed by atoms with Crippen LogP contribution in [0.15, 0.2) is 48.7 Å². The molecular formula is C16H17N3. The fourth-order valence-corrected chi connectivity index (χ4v) is 3.61. The quantitative estimate of drug-likeness (QED) is 0.818. The first-order valence-electron chi connectivity index (χ1n) is 6.87. The number of rotatable bonds is 1. The van der Waals surface area contributed by atoms with E-state index in [4.69, 9.17) is 0 Å². The van der Waals surface area contributed by atoms with Gasteiger partial charge in [-0.2, -0.15) is 0 Å². The van der Waals surface area contributed by atoms with Gasteiger partial charge in [-0.05, 0) is 24.6 Å². The molecule has 1 aromatic heterocycles. The maximum Gasteiger partial charge on any atom is 0.0863 e. The number of nitrogens with one attached hydrogen (secondary N) is 2. The predicted molar refractivity (Wildman–Crippen MR) is 76.2 cm³/mol. The van der Waals surface area contributed by atoms with Gasteiger partial charge in [0.15, 0.2) is 0 Å². The van der Waals surface area contributed by atoms with Gasteiger partial charge >= 0.3 is 0 Å². The van der Waals surface area contributed by atoms with Gasteiger partial charge in [0.1, 0.15) is 0 Å². The Kier molecular flexibility index (Phi) is 2.35. The van der Waals surface area contributed by atoms with Crippen LogP contribution in [0, 0.1) is 0 Å². The molecule has 1 aromatic carbocycles. The molecule has 3 nitrogen and oxygen atoms in total. The van der Waals surface area contributed by atoms with E-state index in [1.807, 2.05) is 12.3 Å². The first-order valence-corrected chi connectivity index (χ1v) is 6.87. The molecule has 0 bridgehead atoms. The minimum absolute atomic E-state index is 0.310. The standard InChI is InChI=1S/C16H17N3/c1-10-13(11-6-3-2-4-7-11)14-15-12(8-5-9-17-15)19-16(14)18-10/h2-10,13-14,16,18-19H,1H3. The van der Waals surface area contributed by atoms with Gasteiger partial charge in [-0.1, -0.05) is 30.3 Å². The number of aromatic nitrogens is 1. The maximum atomic E-state index is 4.61. The molecule has 2 aliphatic rings. The number of pyridine rings is 1. The molecule has 3 heterocycles. The molecule has 4 atom stereocenters. The number of anilines is 1. The molecule has 1 fully saturated rings. The largest absolute Gasteiger partial charge is 0.368 e. The second kappa shape index (κ2) is 4.07. The lowest BCUT2D eigenvalue weighted by Gasteiger charge is -2.20. The summed E-state index contributed by atoms with van der Waals surface area (Å²) in [6.07, 6.45) is 2.21. The van der Waals surface area contributed by atoms with Gasteiger partial charge in [0.25, 0.3) is 0 Å². The highest BCUT2D eigenvalue weighted by Crippen LogP contribution is 2.48. The van der Waals surface area contributed by atoms with E-state index >= 15 is 0 Å². The molecule has 2 N–H and O–H groups in total. The molecule has 4 rings (SSSR count). The lowest BCUT2D eigenvalue weighted by Crippen LogP contribution is -2.33. The molecule has 3 heteroatoms. The highest BCUT2D eigenvalue weighted by molar-refractivity contribution is 5.58. The minimum atomic E-state index is 0.310. The molecule has 0 amide bonds. The van der Waals surface area contributed by atoms with Crippen LogP contribution in [0.2, 0.25) is 0 Å². The molecular weight excluding hydrogens is 234 g/mol. The van der Waals surface area contributed by atoms with Crippen molar-refractivity contribution in [2.45, 2.75) is 31.0 Å². The van der Waals surface area contributed by atoms with Crippen LogP contribution in [0.1, 0.15) is 30.0 Å². The van der Waals surface area contributed by atoms with Crippen molar-refractivity contribution in [2.75, 3.05) is 5.32 Å². The Morgan fingerprint density at radius 1 is 1.00 bits per heavy atom. The molecule has 4 unspecified atom stereocenters. The van der Waals surface area contributed by atoms with Crippen molar-refractivity contribution in [2.24, 2.45) is 0 Å². The summed E-state index contributed by atoms with van der Waals surface area (Å²) in [7, 11) is 0. The van der Waals surface area contributed by atoms with Crippen LogP contribution in [0.25, 0.3) is 0 Å². The van der Waals surface area contributed by atoms with E-state index in [9.17, 15) is 0 Å². The van der Waals surface area contributed by atoms with Crippen LogP contribution >= 0.6 is 0 Å². The summed E-state index contributed by atoms with van der Waals surface area (Å²) in [4.78, 5) is 4.61. The Hall–Kier alpha value is -1.87.